The quantitative estimate of drug-likeness (QED) is 0.853. The lowest BCUT2D eigenvalue weighted by Crippen LogP contribution is -2.49. The molecule has 2 aliphatic rings. The minimum Gasteiger partial charge on any atom is -0.378 e. The summed E-state index contributed by atoms with van der Waals surface area (Å²) >= 11 is 6.18. The zero-order valence-corrected chi connectivity index (χ0v) is 13.5. The van der Waals surface area contributed by atoms with E-state index in [1.165, 1.54) is 0 Å². The molecule has 6 heteroatoms. The van der Waals surface area contributed by atoms with Crippen molar-refractivity contribution in [3.63, 3.8) is 0 Å². The molecule has 0 aromatic carbocycles. The zero-order valence-electron chi connectivity index (χ0n) is 12.7. The van der Waals surface area contributed by atoms with Crippen LogP contribution >= 0.6 is 11.6 Å². The van der Waals surface area contributed by atoms with Gasteiger partial charge in [-0.15, -0.1) is 0 Å². The summed E-state index contributed by atoms with van der Waals surface area (Å²) in [5, 5.41) is 0.667. The molecule has 1 aromatic rings. The first kappa shape index (κ1) is 15.6. The van der Waals surface area contributed by atoms with Gasteiger partial charge in [-0.2, -0.15) is 0 Å². The SMILES string of the molecule is O=C(CC[C@@H]1CCCO1)N1CCN(c2ccncc2Cl)CC1. The number of aromatic nitrogens is 1. The lowest BCUT2D eigenvalue weighted by atomic mass is 10.1. The van der Waals surface area contributed by atoms with Gasteiger partial charge in [-0.1, -0.05) is 11.6 Å². The molecule has 22 heavy (non-hydrogen) atoms. The summed E-state index contributed by atoms with van der Waals surface area (Å²) in [4.78, 5) is 20.5. The monoisotopic (exact) mass is 323 g/mol. The third-order valence-electron chi connectivity index (χ3n) is 4.43. The van der Waals surface area contributed by atoms with Crippen LogP contribution in [0.5, 0.6) is 0 Å². The summed E-state index contributed by atoms with van der Waals surface area (Å²) in [6.07, 6.45) is 7.39. The number of anilines is 1. The summed E-state index contributed by atoms with van der Waals surface area (Å²) in [6.45, 7) is 3.99. The van der Waals surface area contributed by atoms with Crippen molar-refractivity contribution in [2.24, 2.45) is 0 Å². The van der Waals surface area contributed by atoms with Crippen LogP contribution in [0, 0.1) is 0 Å². The summed E-state index contributed by atoms with van der Waals surface area (Å²) in [6, 6.07) is 1.93. The Balaban J connectivity index is 1.46. The van der Waals surface area contributed by atoms with Crippen LogP contribution in [0.15, 0.2) is 18.5 Å². The number of piperazine rings is 1. The summed E-state index contributed by atoms with van der Waals surface area (Å²) in [7, 11) is 0. The molecule has 0 radical (unpaired) electrons. The first-order valence-electron chi connectivity index (χ1n) is 7.98. The summed E-state index contributed by atoms with van der Waals surface area (Å²) in [5.74, 6) is 0.246. The molecular weight excluding hydrogens is 302 g/mol. The fourth-order valence-electron chi connectivity index (χ4n) is 3.14. The van der Waals surface area contributed by atoms with E-state index in [2.05, 4.69) is 9.88 Å². The van der Waals surface area contributed by atoms with Crippen LogP contribution in [0.25, 0.3) is 0 Å². The van der Waals surface area contributed by atoms with E-state index in [9.17, 15) is 4.79 Å². The molecule has 0 bridgehead atoms. The van der Waals surface area contributed by atoms with Crippen LogP contribution < -0.4 is 4.90 Å². The molecule has 2 saturated heterocycles. The van der Waals surface area contributed by atoms with E-state index in [0.717, 1.165) is 57.7 Å². The number of hydrogen-bond donors (Lipinski definition) is 0. The molecule has 1 amide bonds. The molecule has 1 atom stereocenters. The number of rotatable bonds is 4. The Morgan fingerprint density at radius 3 is 2.86 bits per heavy atom. The molecule has 5 nitrogen and oxygen atoms in total. The van der Waals surface area contributed by atoms with Gasteiger partial charge in [0.1, 0.15) is 0 Å². The molecule has 0 unspecified atom stereocenters. The highest BCUT2D eigenvalue weighted by molar-refractivity contribution is 6.33. The number of ether oxygens (including phenoxy) is 1. The van der Waals surface area contributed by atoms with Crippen molar-refractivity contribution < 1.29 is 9.53 Å². The normalized spacial score (nSPS) is 22.1. The van der Waals surface area contributed by atoms with E-state index in [4.69, 9.17) is 16.3 Å². The Bertz CT molecular complexity index is 512. The number of nitrogens with zero attached hydrogens (tertiary/aromatic N) is 3. The van der Waals surface area contributed by atoms with Crippen LogP contribution in [0.3, 0.4) is 0 Å². The Kier molecular flexibility index (Phi) is 5.16. The number of amides is 1. The van der Waals surface area contributed by atoms with Gasteiger partial charge in [0.05, 0.1) is 16.8 Å². The largest absolute Gasteiger partial charge is 0.378 e. The van der Waals surface area contributed by atoms with Gasteiger partial charge >= 0.3 is 0 Å². The van der Waals surface area contributed by atoms with Crippen molar-refractivity contribution in [3.05, 3.63) is 23.5 Å². The maximum Gasteiger partial charge on any atom is 0.222 e. The molecule has 2 fully saturated rings. The van der Waals surface area contributed by atoms with E-state index in [0.29, 0.717) is 17.5 Å². The molecule has 3 rings (SSSR count). The van der Waals surface area contributed by atoms with E-state index in [1.807, 2.05) is 11.0 Å². The van der Waals surface area contributed by atoms with Gasteiger partial charge in [-0.25, -0.2) is 0 Å². The average Bonchev–Trinajstić information content (AvgIpc) is 3.07. The van der Waals surface area contributed by atoms with Crippen LogP contribution in [0.4, 0.5) is 5.69 Å². The van der Waals surface area contributed by atoms with Crippen LogP contribution in [0.2, 0.25) is 5.02 Å². The van der Waals surface area contributed by atoms with Crippen LogP contribution in [-0.4, -0.2) is 54.7 Å². The Labute approximate surface area is 136 Å². The third kappa shape index (κ3) is 3.70. The molecule has 1 aromatic heterocycles. The van der Waals surface area contributed by atoms with E-state index < -0.39 is 0 Å². The van der Waals surface area contributed by atoms with Gasteiger partial charge in [0.15, 0.2) is 0 Å². The van der Waals surface area contributed by atoms with Crippen molar-refractivity contribution in [1.82, 2.24) is 9.88 Å². The van der Waals surface area contributed by atoms with Gasteiger partial charge in [0, 0.05) is 51.6 Å². The van der Waals surface area contributed by atoms with Crippen molar-refractivity contribution in [3.8, 4) is 0 Å². The van der Waals surface area contributed by atoms with Gasteiger partial charge in [0.2, 0.25) is 5.91 Å². The molecule has 0 aliphatic carbocycles. The predicted octanol–water partition coefficient (Wildman–Crippen LogP) is 2.34. The number of carbonyl (C=O) groups excluding carboxylic acids is 1. The number of pyridine rings is 1. The second-order valence-electron chi connectivity index (χ2n) is 5.87. The average molecular weight is 324 g/mol. The number of halogens is 1. The maximum absolute atomic E-state index is 12.3. The fraction of sp³-hybridized carbons (Fsp3) is 0.625. The highest BCUT2D eigenvalue weighted by atomic mass is 35.5. The molecule has 0 N–H and O–H groups in total. The smallest absolute Gasteiger partial charge is 0.222 e. The minimum absolute atomic E-state index is 0.246. The molecule has 2 aliphatic heterocycles. The van der Waals surface area contributed by atoms with Crippen LogP contribution in [-0.2, 0) is 9.53 Å². The lowest BCUT2D eigenvalue weighted by Gasteiger charge is -2.36. The Morgan fingerprint density at radius 2 is 2.18 bits per heavy atom. The summed E-state index contributed by atoms with van der Waals surface area (Å²) in [5.41, 5.74) is 1.00. The second kappa shape index (κ2) is 7.29. The number of hydrogen-bond acceptors (Lipinski definition) is 4. The highest BCUT2D eigenvalue weighted by Crippen LogP contribution is 2.25. The van der Waals surface area contributed by atoms with Gasteiger partial charge in [-0.3, -0.25) is 9.78 Å². The Morgan fingerprint density at radius 1 is 1.36 bits per heavy atom. The predicted molar refractivity (Wildman–Crippen MR) is 86.2 cm³/mol. The van der Waals surface area contributed by atoms with E-state index >= 15 is 0 Å². The molecule has 0 spiro atoms. The zero-order chi connectivity index (χ0) is 15.4. The third-order valence-corrected chi connectivity index (χ3v) is 4.72. The van der Waals surface area contributed by atoms with Gasteiger partial charge < -0.3 is 14.5 Å². The summed E-state index contributed by atoms with van der Waals surface area (Å²) < 4.78 is 5.58. The van der Waals surface area contributed by atoms with Crippen molar-refractivity contribution in [1.29, 1.82) is 0 Å². The van der Waals surface area contributed by atoms with Gasteiger partial charge in [0.25, 0.3) is 0 Å². The number of carbonyl (C=O) groups is 1. The highest BCUT2D eigenvalue weighted by Gasteiger charge is 2.24. The van der Waals surface area contributed by atoms with E-state index in [1.54, 1.807) is 12.4 Å². The Hall–Kier alpha value is -1.33. The van der Waals surface area contributed by atoms with Crippen molar-refractivity contribution in [2.75, 3.05) is 37.7 Å². The molecule has 0 saturated carbocycles. The second-order valence-corrected chi connectivity index (χ2v) is 6.28. The van der Waals surface area contributed by atoms with Gasteiger partial charge in [-0.05, 0) is 25.3 Å². The fourth-order valence-corrected chi connectivity index (χ4v) is 3.37. The molecular formula is C16H22ClN3O2. The minimum atomic E-state index is 0.246. The first-order chi connectivity index (χ1) is 10.7. The standard InChI is InChI=1S/C16H22ClN3O2/c17-14-12-18-6-5-15(14)19-7-9-20(10-8-19)16(21)4-3-13-2-1-11-22-13/h5-6,12-13H,1-4,7-11H2/t13-/m0/s1. The maximum atomic E-state index is 12.3. The van der Waals surface area contributed by atoms with Crippen molar-refractivity contribution >= 4 is 23.2 Å². The molecule has 3 heterocycles. The van der Waals surface area contributed by atoms with Crippen molar-refractivity contribution in [2.45, 2.75) is 31.8 Å². The first-order valence-corrected chi connectivity index (χ1v) is 8.35. The molecule has 120 valence electrons. The topological polar surface area (TPSA) is 45.7 Å². The van der Waals surface area contributed by atoms with E-state index in [-0.39, 0.29) is 5.91 Å². The van der Waals surface area contributed by atoms with Crippen LogP contribution in [0.1, 0.15) is 25.7 Å². The lowest BCUT2D eigenvalue weighted by molar-refractivity contribution is -0.132.